The highest BCUT2D eigenvalue weighted by molar-refractivity contribution is 7.91. The van der Waals surface area contributed by atoms with Gasteiger partial charge in [-0.1, -0.05) is 27.2 Å². The first-order valence-corrected chi connectivity index (χ1v) is 9.84. The van der Waals surface area contributed by atoms with Crippen LogP contribution < -0.4 is 5.32 Å². The van der Waals surface area contributed by atoms with Crippen LogP contribution in [0.15, 0.2) is 16.3 Å². The van der Waals surface area contributed by atoms with Gasteiger partial charge in [0.1, 0.15) is 4.21 Å². The van der Waals surface area contributed by atoms with Crippen LogP contribution in [-0.4, -0.2) is 38.4 Å². The SMILES string of the molecule is CCCC(C)N(C)S(=O)(=O)c1ccc(CCNC(C)C)s1. The molecule has 1 heterocycles. The predicted octanol–water partition coefficient (Wildman–Crippen LogP) is 3.10. The van der Waals surface area contributed by atoms with E-state index in [2.05, 4.69) is 26.1 Å². The maximum absolute atomic E-state index is 12.6. The van der Waals surface area contributed by atoms with E-state index in [9.17, 15) is 8.42 Å². The summed E-state index contributed by atoms with van der Waals surface area (Å²) >= 11 is 1.39. The second-order valence-electron chi connectivity index (χ2n) is 5.74. The van der Waals surface area contributed by atoms with E-state index in [1.165, 1.54) is 15.6 Å². The highest BCUT2D eigenvalue weighted by Gasteiger charge is 2.26. The van der Waals surface area contributed by atoms with Crippen molar-refractivity contribution in [2.75, 3.05) is 13.6 Å². The lowest BCUT2D eigenvalue weighted by molar-refractivity contribution is 0.369. The molecule has 6 heteroatoms. The third-order valence-electron chi connectivity index (χ3n) is 3.52. The van der Waals surface area contributed by atoms with E-state index in [1.807, 2.05) is 13.0 Å². The van der Waals surface area contributed by atoms with Crippen LogP contribution in [0.4, 0.5) is 0 Å². The fraction of sp³-hybridized carbons (Fsp3) is 0.733. The minimum atomic E-state index is -3.35. The highest BCUT2D eigenvalue weighted by Crippen LogP contribution is 2.26. The van der Waals surface area contributed by atoms with E-state index in [4.69, 9.17) is 0 Å². The molecule has 21 heavy (non-hydrogen) atoms. The van der Waals surface area contributed by atoms with Crippen LogP contribution >= 0.6 is 11.3 Å². The molecule has 4 nitrogen and oxygen atoms in total. The Morgan fingerprint density at radius 1 is 1.29 bits per heavy atom. The van der Waals surface area contributed by atoms with Gasteiger partial charge in [0.05, 0.1) is 0 Å². The number of hydrogen-bond donors (Lipinski definition) is 1. The van der Waals surface area contributed by atoms with Crippen LogP contribution in [0.5, 0.6) is 0 Å². The average molecular weight is 333 g/mol. The lowest BCUT2D eigenvalue weighted by Crippen LogP contribution is -2.34. The van der Waals surface area contributed by atoms with E-state index < -0.39 is 10.0 Å². The number of sulfonamides is 1. The van der Waals surface area contributed by atoms with E-state index in [-0.39, 0.29) is 6.04 Å². The fourth-order valence-corrected chi connectivity index (χ4v) is 5.03. The van der Waals surface area contributed by atoms with Gasteiger partial charge < -0.3 is 5.32 Å². The summed E-state index contributed by atoms with van der Waals surface area (Å²) < 4.78 is 27.1. The molecule has 1 N–H and O–H groups in total. The Morgan fingerprint density at radius 3 is 2.52 bits per heavy atom. The Hall–Kier alpha value is -0.430. The van der Waals surface area contributed by atoms with E-state index in [0.717, 1.165) is 30.7 Å². The largest absolute Gasteiger partial charge is 0.314 e. The van der Waals surface area contributed by atoms with E-state index >= 15 is 0 Å². The summed E-state index contributed by atoms with van der Waals surface area (Å²) in [5.74, 6) is 0. The second-order valence-corrected chi connectivity index (χ2v) is 9.13. The number of nitrogens with one attached hydrogen (secondary N) is 1. The molecule has 0 aliphatic carbocycles. The highest BCUT2D eigenvalue weighted by atomic mass is 32.2. The number of thiophene rings is 1. The van der Waals surface area contributed by atoms with Crippen molar-refractivity contribution in [3.8, 4) is 0 Å². The number of hydrogen-bond acceptors (Lipinski definition) is 4. The summed E-state index contributed by atoms with van der Waals surface area (Å²) in [7, 11) is -1.67. The normalized spacial score (nSPS) is 14.0. The van der Waals surface area contributed by atoms with Gasteiger partial charge in [-0.25, -0.2) is 8.42 Å². The van der Waals surface area contributed by atoms with Gasteiger partial charge >= 0.3 is 0 Å². The van der Waals surface area contributed by atoms with Gasteiger partial charge in [0.2, 0.25) is 0 Å². The van der Waals surface area contributed by atoms with Gasteiger partial charge in [-0.05, 0) is 31.9 Å². The monoisotopic (exact) mass is 332 g/mol. The van der Waals surface area contributed by atoms with Gasteiger partial charge in [-0.3, -0.25) is 0 Å². The first-order valence-electron chi connectivity index (χ1n) is 7.59. The Balaban J connectivity index is 2.74. The van der Waals surface area contributed by atoms with Crippen molar-refractivity contribution in [1.82, 2.24) is 9.62 Å². The van der Waals surface area contributed by atoms with E-state index in [0.29, 0.717) is 10.3 Å². The molecule has 0 aliphatic heterocycles. The van der Waals surface area contributed by atoms with E-state index in [1.54, 1.807) is 13.1 Å². The molecule has 1 rings (SSSR count). The zero-order valence-corrected chi connectivity index (χ0v) is 15.4. The second kappa shape index (κ2) is 8.27. The molecular weight excluding hydrogens is 304 g/mol. The van der Waals surface area contributed by atoms with Crippen molar-refractivity contribution in [2.24, 2.45) is 0 Å². The molecule has 1 aromatic rings. The van der Waals surface area contributed by atoms with Crippen LogP contribution in [0.2, 0.25) is 0 Å². The summed E-state index contributed by atoms with van der Waals surface area (Å²) in [6.45, 7) is 9.12. The maximum atomic E-state index is 12.6. The predicted molar refractivity (Wildman–Crippen MR) is 90.5 cm³/mol. The lowest BCUT2D eigenvalue weighted by atomic mass is 10.2. The molecule has 0 bridgehead atoms. The minimum absolute atomic E-state index is 0.0353. The molecule has 0 amide bonds. The van der Waals surface area contributed by atoms with Gasteiger partial charge in [-0.15, -0.1) is 11.3 Å². The maximum Gasteiger partial charge on any atom is 0.252 e. The van der Waals surface area contributed by atoms with Crippen LogP contribution in [0, 0.1) is 0 Å². The van der Waals surface area contributed by atoms with Crippen molar-refractivity contribution < 1.29 is 8.42 Å². The lowest BCUT2D eigenvalue weighted by Gasteiger charge is -2.23. The molecule has 0 fully saturated rings. The zero-order valence-electron chi connectivity index (χ0n) is 13.7. The smallest absolute Gasteiger partial charge is 0.252 e. The van der Waals surface area contributed by atoms with Crippen molar-refractivity contribution in [3.63, 3.8) is 0 Å². The van der Waals surface area contributed by atoms with Gasteiger partial charge in [0, 0.05) is 30.6 Å². The topological polar surface area (TPSA) is 49.4 Å². The molecule has 0 spiro atoms. The Morgan fingerprint density at radius 2 is 1.95 bits per heavy atom. The summed E-state index contributed by atoms with van der Waals surface area (Å²) in [5.41, 5.74) is 0. The quantitative estimate of drug-likeness (QED) is 0.756. The zero-order chi connectivity index (χ0) is 16.0. The molecule has 1 aromatic heterocycles. The molecule has 0 aromatic carbocycles. The first-order chi connectivity index (χ1) is 9.78. The number of rotatable bonds is 9. The Kier molecular flexibility index (Phi) is 7.33. The molecule has 122 valence electrons. The molecular formula is C15H28N2O2S2. The summed E-state index contributed by atoms with van der Waals surface area (Å²) in [4.78, 5) is 1.11. The van der Waals surface area contributed by atoms with Crippen LogP contribution in [0.25, 0.3) is 0 Å². The average Bonchev–Trinajstić information content (AvgIpc) is 2.87. The van der Waals surface area contributed by atoms with Crippen molar-refractivity contribution in [2.45, 2.75) is 63.3 Å². The Labute approximate surface area is 133 Å². The van der Waals surface area contributed by atoms with Crippen molar-refractivity contribution in [3.05, 3.63) is 17.0 Å². The van der Waals surface area contributed by atoms with Gasteiger partial charge in [0.15, 0.2) is 0 Å². The Bertz CT molecular complexity index is 524. The molecule has 0 saturated carbocycles. The van der Waals surface area contributed by atoms with Crippen LogP contribution in [0.1, 0.15) is 45.4 Å². The summed E-state index contributed by atoms with van der Waals surface area (Å²) in [6, 6.07) is 4.15. The van der Waals surface area contributed by atoms with Gasteiger partial charge in [0.25, 0.3) is 10.0 Å². The minimum Gasteiger partial charge on any atom is -0.314 e. The van der Waals surface area contributed by atoms with Crippen LogP contribution in [0.3, 0.4) is 0 Å². The molecule has 0 aliphatic rings. The van der Waals surface area contributed by atoms with Crippen LogP contribution in [-0.2, 0) is 16.4 Å². The third-order valence-corrected chi connectivity index (χ3v) is 7.11. The standard InChI is InChI=1S/C15H28N2O2S2/c1-6-7-13(4)17(5)21(18,19)15-9-8-14(20-15)10-11-16-12(2)3/h8-9,12-13,16H,6-7,10-11H2,1-5H3. The van der Waals surface area contributed by atoms with Crippen molar-refractivity contribution >= 4 is 21.4 Å². The summed E-state index contributed by atoms with van der Waals surface area (Å²) in [6.07, 6.45) is 2.73. The molecule has 0 radical (unpaired) electrons. The fourth-order valence-electron chi connectivity index (χ4n) is 2.09. The summed E-state index contributed by atoms with van der Waals surface area (Å²) in [5, 5.41) is 3.35. The molecule has 0 saturated heterocycles. The molecule has 1 unspecified atom stereocenters. The molecule has 1 atom stereocenters. The van der Waals surface area contributed by atoms with Crippen molar-refractivity contribution in [1.29, 1.82) is 0 Å². The van der Waals surface area contributed by atoms with Gasteiger partial charge in [-0.2, -0.15) is 4.31 Å². The first kappa shape index (κ1) is 18.6. The third kappa shape index (κ3) is 5.36. The number of nitrogens with zero attached hydrogens (tertiary/aromatic N) is 1.